The Kier molecular flexibility index (Phi) is 8.06. The van der Waals surface area contributed by atoms with Gasteiger partial charge in [-0.05, 0) is 38.5 Å². The maximum absolute atomic E-state index is 12.4. The third-order valence-electron chi connectivity index (χ3n) is 4.28. The highest BCUT2D eigenvalue weighted by atomic mass is 16.6. The number of amides is 3. The average molecular weight is 394 g/mol. The Morgan fingerprint density at radius 2 is 1.79 bits per heavy atom. The van der Waals surface area contributed by atoms with Gasteiger partial charge >= 0.3 is 6.09 Å². The second-order valence-corrected chi connectivity index (χ2v) is 6.42. The molecule has 0 aromatic heterocycles. The Balaban J connectivity index is 1.85. The van der Waals surface area contributed by atoms with Crippen LogP contribution in [0.25, 0.3) is 0 Å². The van der Waals surface area contributed by atoms with Crippen molar-refractivity contribution >= 4 is 17.9 Å². The van der Waals surface area contributed by atoms with Gasteiger partial charge in [-0.25, -0.2) is 4.79 Å². The highest BCUT2D eigenvalue weighted by Crippen LogP contribution is 2.32. The number of alkyl carbamates (subject to hydrolysis) is 1. The van der Waals surface area contributed by atoms with Gasteiger partial charge in [0, 0.05) is 0 Å². The number of fused-ring (bicyclic) bond motifs is 1. The zero-order chi connectivity index (χ0) is 20.5. The quantitative estimate of drug-likeness (QED) is 0.564. The standard InChI is InChI=1S/C19H27N3O6/c1-4-22(12-18(24)21-19(25)26-5-2)11-17(23)20-13(3)14-6-7-15-16(10-14)28-9-8-27-15/h6-7,10,13H,4-5,8-9,11-12H2,1-3H3,(H,20,23)(H,21,24,25)/p+1/t13-/m0/s1. The number of rotatable bonds is 8. The molecule has 0 fully saturated rings. The molecular weight excluding hydrogens is 366 g/mol. The Hall–Kier alpha value is -2.81. The molecule has 0 saturated heterocycles. The van der Waals surface area contributed by atoms with Crippen molar-refractivity contribution in [1.29, 1.82) is 0 Å². The number of hydrogen-bond acceptors (Lipinski definition) is 6. The van der Waals surface area contributed by atoms with E-state index in [9.17, 15) is 14.4 Å². The molecule has 1 unspecified atom stereocenters. The van der Waals surface area contributed by atoms with E-state index in [4.69, 9.17) is 9.47 Å². The van der Waals surface area contributed by atoms with Gasteiger partial charge in [0.2, 0.25) is 0 Å². The van der Waals surface area contributed by atoms with Gasteiger partial charge in [-0.3, -0.25) is 14.9 Å². The Bertz CT molecular complexity index is 709. The molecule has 3 N–H and O–H groups in total. The molecule has 0 saturated carbocycles. The second-order valence-electron chi connectivity index (χ2n) is 6.42. The van der Waals surface area contributed by atoms with E-state index in [1.54, 1.807) is 6.92 Å². The lowest BCUT2D eigenvalue weighted by molar-refractivity contribution is -0.881. The molecule has 1 aliphatic heterocycles. The fourth-order valence-electron chi connectivity index (χ4n) is 2.80. The third kappa shape index (κ3) is 6.41. The van der Waals surface area contributed by atoms with E-state index < -0.39 is 12.0 Å². The molecule has 0 aliphatic carbocycles. The van der Waals surface area contributed by atoms with E-state index in [-0.39, 0.29) is 31.6 Å². The molecule has 9 heteroatoms. The molecule has 0 spiro atoms. The number of carbonyl (C=O) groups is 3. The first-order chi connectivity index (χ1) is 13.4. The maximum Gasteiger partial charge on any atom is 0.414 e. The molecule has 1 heterocycles. The van der Waals surface area contributed by atoms with Crippen molar-refractivity contribution in [2.24, 2.45) is 0 Å². The molecule has 1 aromatic rings. The van der Waals surface area contributed by atoms with Gasteiger partial charge in [-0.2, -0.15) is 0 Å². The number of imide groups is 1. The van der Waals surface area contributed by atoms with Crippen molar-refractivity contribution in [1.82, 2.24) is 10.6 Å². The minimum atomic E-state index is -0.778. The van der Waals surface area contributed by atoms with Crippen LogP contribution in [-0.4, -0.2) is 57.4 Å². The smallest absolute Gasteiger partial charge is 0.414 e. The van der Waals surface area contributed by atoms with Crippen molar-refractivity contribution in [2.75, 3.05) is 39.5 Å². The Morgan fingerprint density at radius 3 is 2.46 bits per heavy atom. The van der Waals surface area contributed by atoms with Gasteiger partial charge < -0.3 is 24.4 Å². The molecule has 0 radical (unpaired) electrons. The zero-order valence-electron chi connectivity index (χ0n) is 16.5. The first-order valence-corrected chi connectivity index (χ1v) is 9.42. The molecule has 0 bridgehead atoms. The van der Waals surface area contributed by atoms with Crippen molar-refractivity contribution < 1.29 is 33.5 Å². The van der Waals surface area contributed by atoms with Crippen LogP contribution in [0.4, 0.5) is 4.79 Å². The van der Waals surface area contributed by atoms with Crippen molar-refractivity contribution in [3.63, 3.8) is 0 Å². The molecular formula is C19H28N3O6+. The highest BCUT2D eigenvalue weighted by molar-refractivity contribution is 5.92. The highest BCUT2D eigenvalue weighted by Gasteiger charge is 2.21. The van der Waals surface area contributed by atoms with Crippen LogP contribution in [0.2, 0.25) is 0 Å². The lowest BCUT2D eigenvalue weighted by Crippen LogP contribution is -3.14. The normalized spacial score (nSPS) is 14.5. The predicted octanol–water partition coefficient (Wildman–Crippen LogP) is -0.187. The van der Waals surface area contributed by atoms with Crippen LogP contribution in [0.1, 0.15) is 32.4 Å². The summed E-state index contributed by atoms with van der Waals surface area (Å²) in [7, 11) is 0. The van der Waals surface area contributed by atoms with Crippen LogP contribution in [0.5, 0.6) is 11.5 Å². The zero-order valence-corrected chi connectivity index (χ0v) is 16.5. The number of nitrogens with one attached hydrogen (secondary N) is 3. The number of quaternary nitrogens is 1. The summed E-state index contributed by atoms with van der Waals surface area (Å²) in [5.74, 6) is 0.690. The fraction of sp³-hybridized carbons (Fsp3) is 0.526. The van der Waals surface area contributed by atoms with Crippen LogP contribution in [0.15, 0.2) is 18.2 Å². The third-order valence-corrected chi connectivity index (χ3v) is 4.28. The summed E-state index contributed by atoms with van der Waals surface area (Å²) in [6.45, 7) is 7.28. The van der Waals surface area contributed by atoms with E-state index in [1.807, 2.05) is 32.0 Å². The molecule has 3 amide bonds. The second kappa shape index (κ2) is 10.5. The van der Waals surface area contributed by atoms with E-state index in [1.165, 1.54) is 0 Å². The Labute approximate surface area is 164 Å². The van der Waals surface area contributed by atoms with Gasteiger partial charge in [0.15, 0.2) is 24.6 Å². The molecule has 2 atom stereocenters. The topological polar surface area (TPSA) is 107 Å². The summed E-state index contributed by atoms with van der Waals surface area (Å²) in [4.78, 5) is 36.3. The maximum atomic E-state index is 12.4. The lowest BCUT2D eigenvalue weighted by Gasteiger charge is -2.22. The molecule has 154 valence electrons. The van der Waals surface area contributed by atoms with Crippen LogP contribution in [0.3, 0.4) is 0 Å². The lowest BCUT2D eigenvalue weighted by atomic mass is 10.1. The van der Waals surface area contributed by atoms with Gasteiger partial charge in [-0.15, -0.1) is 0 Å². The number of ether oxygens (including phenoxy) is 3. The van der Waals surface area contributed by atoms with Crippen molar-refractivity contribution in [2.45, 2.75) is 26.8 Å². The van der Waals surface area contributed by atoms with Crippen LogP contribution in [0, 0.1) is 0 Å². The minimum Gasteiger partial charge on any atom is -0.486 e. The Morgan fingerprint density at radius 1 is 1.11 bits per heavy atom. The summed E-state index contributed by atoms with van der Waals surface area (Å²) in [6, 6.07) is 5.34. The first-order valence-electron chi connectivity index (χ1n) is 9.42. The first kappa shape index (κ1) is 21.5. The van der Waals surface area contributed by atoms with Crippen molar-refractivity contribution in [3.05, 3.63) is 23.8 Å². The van der Waals surface area contributed by atoms with E-state index in [0.29, 0.717) is 31.3 Å². The number of benzene rings is 1. The predicted molar refractivity (Wildman–Crippen MR) is 100 cm³/mol. The van der Waals surface area contributed by atoms with Gasteiger partial charge in [0.05, 0.1) is 19.2 Å². The summed E-state index contributed by atoms with van der Waals surface area (Å²) in [5.41, 5.74) is 0.899. The summed E-state index contributed by atoms with van der Waals surface area (Å²) in [6.07, 6.45) is -0.778. The van der Waals surface area contributed by atoms with Crippen LogP contribution in [-0.2, 0) is 14.3 Å². The number of likely N-dealkylation sites (N-methyl/N-ethyl adjacent to an activating group) is 1. The largest absolute Gasteiger partial charge is 0.486 e. The average Bonchev–Trinajstić information content (AvgIpc) is 2.66. The molecule has 9 nitrogen and oxygen atoms in total. The molecule has 2 rings (SSSR count). The van der Waals surface area contributed by atoms with Crippen LogP contribution >= 0.6 is 0 Å². The molecule has 28 heavy (non-hydrogen) atoms. The van der Waals surface area contributed by atoms with Gasteiger partial charge in [-0.1, -0.05) is 6.07 Å². The molecule has 1 aromatic carbocycles. The monoisotopic (exact) mass is 394 g/mol. The fourth-order valence-corrected chi connectivity index (χ4v) is 2.80. The SMILES string of the molecule is CCOC(=O)NC(=O)C[NH+](CC)CC(=O)N[C@@H](C)c1ccc2c(c1)OCCO2. The minimum absolute atomic E-state index is 0.00113. The number of carbonyl (C=O) groups excluding carboxylic acids is 3. The summed E-state index contributed by atoms with van der Waals surface area (Å²) in [5, 5.41) is 5.06. The van der Waals surface area contributed by atoms with E-state index >= 15 is 0 Å². The van der Waals surface area contributed by atoms with E-state index in [0.717, 1.165) is 10.5 Å². The summed E-state index contributed by atoms with van der Waals surface area (Å²) >= 11 is 0. The van der Waals surface area contributed by atoms with Crippen molar-refractivity contribution in [3.8, 4) is 11.5 Å². The summed E-state index contributed by atoms with van der Waals surface area (Å²) < 4.78 is 15.7. The van der Waals surface area contributed by atoms with E-state index in [2.05, 4.69) is 15.4 Å². The molecule has 1 aliphatic rings. The van der Waals surface area contributed by atoms with Gasteiger partial charge in [0.1, 0.15) is 13.2 Å². The van der Waals surface area contributed by atoms with Gasteiger partial charge in [0.25, 0.3) is 11.8 Å². The van der Waals surface area contributed by atoms with Crippen LogP contribution < -0.4 is 25.0 Å². The number of hydrogen-bond donors (Lipinski definition) is 3.